The quantitative estimate of drug-likeness (QED) is 0.110. The molecule has 0 saturated heterocycles. The lowest BCUT2D eigenvalue weighted by Gasteiger charge is -2.26. The minimum absolute atomic E-state index is 0.130. The minimum Gasteiger partial charge on any atom is -0.420 e. The molecule has 0 amide bonds. The summed E-state index contributed by atoms with van der Waals surface area (Å²) < 4.78 is 0. The molecular formula is C40H32BN. The van der Waals surface area contributed by atoms with Gasteiger partial charge in [0.1, 0.15) is 0 Å². The third-order valence-corrected chi connectivity index (χ3v) is 7.39. The van der Waals surface area contributed by atoms with Crippen molar-refractivity contribution >= 4 is 40.7 Å². The number of allylic oxidation sites excluding steroid dienone is 2. The second-order valence-electron chi connectivity index (χ2n) is 10.2. The second kappa shape index (κ2) is 13.3. The fraction of sp³-hybridized carbons (Fsp3) is 0. The van der Waals surface area contributed by atoms with Crippen LogP contribution in [0, 0.1) is 0 Å². The van der Waals surface area contributed by atoms with E-state index in [4.69, 9.17) is 0 Å². The molecule has 0 fully saturated rings. The molecule has 6 rings (SSSR count). The Balaban J connectivity index is 1.73. The first-order valence-electron chi connectivity index (χ1n) is 14.4. The fourth-order valence-electron chi connectivity index (χ4n) is 5.44. The number of nitrogens with one attached hydrogen (secondary N) is 1. The molecule has 0 aromatic heterocycles. The Hall–Kier alpha value is -5.34. The summed E-state index contributed by atoms with van der Waals surface area (Å²) in [6, 6.07) is 64.2. The Kier molecular flexibility index (Phi) is 8.54. The van der Waals surface area contributed by atoms with Gasteiger partial charge in [-0.3, -0.25) is 0 Å². The summed E-state index contributed by atoms with van der Waals surface area (Å²) in [5.41, 5.74) is 10.5. The van der Waals surface area contributed by atoms with Gasteiger partial charge in [0, 0.05) is 5.69 Å². The Bertz CT molecular complexity index is 1750. The largest absolute Gasteiger partial charge is 0.420 e. The SMILES string of the molecule is C(=C(\C(=C(\B(Nc1ccccc1)c1ccccc1)c1ccccc1)c1ccccc1)c1ccccc1)/c1ccccc1. The molecule has 0 unspecified atom stereocenters. The van der Waals surface area contributed by atoms with E-state index >= 15 is 0 Å². The number of anilines is 1. The van der Waals surface area contributed by atoms with Crippen LogP contribution in [-0.2, 0) is 0 Å². The summed E-state index contributed by atoms with van der Waals surface area (Å²) >= 11 is 0. The van der Waals surface area contributed by atoms with Crippen molar-refractivity contribution in [2.24, 2.45) is 0 Å². The highest BCUT2D eigenvalue weighted by molar-refractivity contribution is 6.94. The van der Waals surface area contributed by atoms with Gasteiger partial charge in [-0.1, -0.05) is 175 Å². The van der Waals surface area contributed by atoms with Crippen molar-refractivity contribution in [1.82, 2.24) is 0 Å². The van der Waals surface area contributed by atoms with Crippen LogP contribution in [-0.4, -0.2) is 6.85 Å². The van der Waals surface area contributed by atoms with Crippen molar-refractivity contribution in [2.75, 3.05) is 5.23 Å². The molecule has 1 N–H and O–H groups in total. The molecule has 0 heterocycles. The normalized spacial score (nSPS) is 11.9. The smallest absolute Gasteiger partial charge is 0.322 e. The molecular weight excluding hydrogens is 505 g/mol. The predicted molar refractivity (Wildman–Crippen MR) is 182 cm³/mol. The van der Waals surface area contributed by atoms with Crippen LogP contribution in [0.2, 0.25) is 0 Å². The van der Waals surface area contributed by atoms with Gasteiger partial charge in [-0.25, -0.2) is 0 Å². The molecule has 0 aliphatic carbocycles. The second-order valence-corrected chi connectivity index (χ2v) is 10.2. The van der Waals surface area contributed by atoms with Crippen LogP contribution in [0.5, 0.6) is 0 Å². The maximum Gasteiger partial charge on any atom is 0.322 e. The van der Waals surface area contributed by atoms with Crippen LogP contribution >= 0.6 is 0 Å². The van der Waals surface area contributed by atoms with Crippen LogP contribution < -0.4 is 10.7 Å². The fourth-order valence-corrected chi connectivity index (χ4v) is 5.44. The van der Waals surface area contributed by atoms with Gasteiger partial charge in [-0.15, -0.1) is 0 Å². The Morgan fingerprint density at radius 2 is 0.857 bits per heavy atom. The first-order valence-corrected chi connectivity index (χ1v) is 14.4. The van der Waals surface area contributed by atoms with Crippen LogP contribution in [0.3, 0.4) is 0 Å². The molecule has 0 bridgehead atoms. The van der Waals surface area contributed by atoms with Gasteiger partial charge in [0.2, 0.25) is 0 Å². The zero-order valence-corrected chi connectivity index (χ0v) is 23.5. The van der Waals surface area contributed by atoms with Crippen molar-refractivity contribution in [2.45, 2.75) is 0 Å². The average Bonchev–Trinajstić information content (AvgIpc) is 3.08. The maximum absolute atomic E-state index is 3.93. The van der Waals surface area contributed by atoms with Crippen LogP contribution in [0.25, 0.3) is 22.7 Å². The molecule has 0 spiro atoms. The topological polar surface area (TPSA) is 12.0 Å². The summed E-state index contributed by atoms with van der Waals surface area (Å²) in [4.78, 5) is 0. The molecule has 6 aromatic rings. The summed E-state index contributed by atoms with van der Waals surface area (Å²) in [6.45, 7) is -0.130. The predicted octanol–water partition coefficient (Wildman–Crippen LogP) is 9.39. The highest BCUT2D eigenvalue weighted by Gasteiger charge is 2.29. The maximum atomic E-state index is 3.93. The third kappa shape index (κ3) is 6.35. The van der Waals surface area contributed by atoms with E-state index in [-0.39, 0.29) is 6.85 Å². The van der Waals surface area contributed by atoms with Crippen molar-refractivity contribution in [3.8, 4) is 0 Å². The summed E-state index contributed by atoms with van der Waals surface area (Å²) in [5.74, 6) is 0. The van der Waals surface area contributed by atoms with E-state index in [9.17, 15) is 0 Å². The van der Waals surface area contributed by atoms with Gasteiger partial charge >= 0.3 is 6.85 Å². The monoisotopic (exact) mass is 537 g/mol. The molecule has 0 atom stereocenters. The molecule has 6 aromatic carbocycles. The number of hydrogen-bond donors (Lipinski definition) is 1. The number of benzene rings is 6. The first-order chi connectivity index (χ1) is 20.9. The first kappa shape index (κ1) is 26.9. The molecule has 0 saturated carbocycles. The van der Waals surface area contributed by atoms with Gasteiger partial charge in [0.05, 0.1) is 0 Å². The lowest BCUT2D eigenvalue weighted by Crippen LogP contribution is -2.40. The van der Waals surface area contributed by atoms with E-state index in [2.05, 4.69) is 193 Å². The Morgan fingerprint density at radius 3 is 1.40 bits per heavy atom. The van der Waals surface area contributed by atoms with Crippen molar-refractivity contribution < 1.29 is 0 Å². The summed E-state index contributed by atoms with van der Waals surface area (Å²) in [7, 11) is 0. The van der Waals surface area contributed by atoms with E-state index in [1.54, 1.807) is 0 Å². The van der Waals surface area contributed by atoms with Gasteiger partial charge in [-0.05, 0) is 57.1 Å². The van der Waals surface area contributed by atoms with E-state index in [1.165, 1.54) is 33.2 Å². The third-order valence-electron chi connectivity index (χ3n) is 7.39. The zero-order valence-electron chi connectivity index (χ0n) is 23.5. The van der Waals surface area contributed by atoms with Crippen molar-refractivity contribution in [3.05, 3.63) is 204 Å². The lowest BCUT2D eigenvalue weighted by atomic mass is 9.46. The molecule has 2 heteroatoms. The van der Waals surface area contributed by atoms with Gasteiger partial charge in [0.25, 0.3) is 0 Å². The average molecular weight is 538 g/mol. The van der Waals surface area contributed by atoms with Gasteiger partial charge < -0.3 is 5.23 Å². The zero-order chi connectivity index (χ0) is 28.4. The van der Waals surface area contributed by atoms with E-state index in [0.29, 0.717) is 0 Å². The highest BCUT2D eigenvalue weighted by Crippen LogP contribution is 2.40. The summed E-state index contributed by atoms with van der Waals surface area (Å²) in [6.07, 6.45) is 2.32. The molecule has 0 aliphatic rings. The molecule has 200 valence electrons. The Labute approximate surface area is 249 Å². The van der Waals surface area contributed by atoms with Crippen molar-refractivity contribution in [3.63, 3.8) is 0 Å². The Morgan fingerprint density at radius 1 is 0.429 bits per heavy atom. The highest BCUT2D eigenvalue weighted by atomic mass is 14.8. The minimum atomic E-state index is -0.130. The van der Waals surface area contributed by atoms with E-state index in [1.807, 2.05) is 0 Å². The van der Waals surface area contributed by atoms with Gasteiger partial charge in [-0.2, -0.15) is 0 Å². The number of para-hydroxylation sites is 1. The molecule has 1 nitrogen and oxygen atoms in total. The standard InChI is InChI=1S/C40H32BN/c1-7-19-32(20-8-1)31-38(33-21-9-2-10-22-33)39(34-23-11-3-12-24-34)40(35-25-13-4-14-26-35)41(36-27-15-5-16-28-36)42-37-29-17-6-18-30-37/h1-31,42H/b38-31+,40-39+. The van der Waals surface area contributed by atoms with Crippen LogP contribution in [0.4, 0.5) is 5.69 Å². The van der Waals surface area contributed by atoms with Crippen molar-refractivity contribution in [1.29, 1.82) is 0 Å². The summed E-state index contributed by atoms with van der Waals surface area (Å²) in [5, 5.41) is 3.93. The molecule has 42 heavy (non-hydrogen) atoms. The number of hydrogen-bond acceptors (Lipinski definition) is 1. The van der Waals surface area contributed by atoms with Crippen LogP contribution in [0.1, 0.15) is 22.3 Å². The molecule has 0 aliphatic heterocycles. The van der Waals surface area contributed by atoms with E-state index < -0.39 is 0 Å². The lowest BCUT2D eigenvalue weighted by molar-refractivity contribution is 1.57. The van der Waals surface area contributed by atoms with Gasteiger partial charge in [0.15, 0.2) is 0 Å². The van der Waals surface area contributed by atoms with Crippen LogP contribution in [0.15, 0.2) is 182 Å². The molecule has 0 radical (unpaired) electrons. The van der Waals surface area contributed by atoms with E-state index in [0.717, 1.165) is 16.8 Å². The number of rotatable bonds is 9.